The summed E-state index contributed by atoms with van der Waals surface area (Å²) in [7, 11) is 1.57. The Kier molecular flexibility index (Phi) is 8.72. The second-order valence-corrected chi connectivity index (χ2v) is 13.4. The van der Waals surface area contributed by atoms with Gasteiger partial charge in [0.05, 0.1) is 29.0 Å². The highest BCUT2D eigenvalue weighted by Crippen LogP contribution is 2.37. The van der Waals surface area contributed by atoms with Gasteiger partial charge in [0.1, 0.15) is 11.8 Å². The Morgan fingerprint density at radius 1 is 0.978 bits per heavy atom. The van der Waals surface area contributed by atoms with Crippen molar-refractivity contribution in [3.05, 3.63) is 137 Å². The van der Waals surface area contributed by atoms with Crippen molar-refractivity contribution in [1.82, 2.24) is 9.13 Å². The number of halogens is 1. The number of carbonyl (C=O) groups excluding carboxylic acids is 1. The van der Waals surface area contributed by atoms with Crippen LogP contribution in [0, 0.1) is 13.8 Å². The number of fused-ring (bicyclic) bond motifs is 1. The third kappa shape index (κ3) is 5.81. The van der Waals surface area contributed by atoms with Gasteiger partial charge in [0.15, 0.2) is 4.80 Å². The Morgan fingerprint density at radius 3 is 2.35 bits per heavy atom. The summed E-state index contributed by atoms with van der Waals surface area (Å²) in [5.41, 5.74) is 7.58. The zero-order chi connectivity index (χ0) is 32.7. The standard InChI is InChI=1S/C37H34BrN3O4S/c1-21(2)45-36(43)33-23(4)39-37-41(34(33)30-20-28(38)14-17-31(30)44-6)35(42)32(46-37)19-27-18-22(3)40(24(27)5)29-15-12-26(13-16-29)25-10-8-7-9-11-25/h7-21,34H,1-6H3/b32-19-/t34-/m0/s1. The molecular formula is C37H34BrN3O4S. The van der Waals surface area contributed by atoms with E-state index >= 15 is 0 Å². The zero-order valence-corrected chi connectivity index (χ0v) is 28.9. The fourth-order valence-corrected chi connectivity index (χ4v) is 7.40. The molecule has 9 heteroatoms. The molecule has 5 aromatic rings. The van der Waals surface area contributed by atoms with Gasteiger partial charge in [0.25, 0.3) is 5.56 Å². The molecule has 0 spiro atoms. The van der Waals surface area contributed by atoms with Crippen LogP contribution >= 0.6 is 27.3 Å². The van der Waals surface area contributed by atoms with Gasteiger partial charge >= 0.3 is 5.97 Å². The molecule has 3 heterocycles. The molecule has 0 fully saturated rings. The molecule has 3 aromatic carbocycles. The van der Waals surface area contributed by atoms with Crippen molar-refractivity contribution in [1.29, 1.82) is 0 Å². The zero-order valence-electron chi connectivity index (χ0n) is 26.5. The van der Waals surface area contributed by atoms with Crippen molar-refractivity contribution < 1.29 is 14.3 Å². The smallest absolute Gasteiger partial charge is 0.338 e. The highest BCUT2D eigenvalue weighted by atomic mass is 79.9. The summed E-state index contributed by atoms with van der Waals surface area (Å²) in [6.07, 6.45) is 1.58. The average molecular weight is 697 g/mol. The quantitative estimate of drug-likeness (QED) is 0.171. The summed E-state index contributed by atoms with van der Waals surface area (Å²) in [5, 5.41) is 0. The maximum atomic E-state index is 14.3. The van der Waals surface area contributed by atoms with E-state index < -0.39 is 12.0 Å². The highest BCUT2D eigenvalue weighted by molar-refractivity contribution is 9.10. The van der Waals surface area contributed by atoms with Gasteiger partial charge < -0.3 is 14.0 Å². The van der Waals surface area contributed by atoms with E-state index in [4.69, 9.17) is 14.5 Å². The predicted octanol–water partition coefficient (Wildman–Crippen LogP) is 7.03. The van der Waals surface area contributed by atoms with E-state index in [1.54, 1.807) is 32.4 Å². The molecule has 1 aliphatic rings. The summed E-state index contributed by atoms with van der Waals surface area (Å²) in [5.74, 6) is 0.0357. The first-order valence-electron chi connectivity index (χ1n) is 15.0. The minimum Gasteiger partial charge on any atom is -0.496 e. The van der Waals surface area contributed by atoms with E-state index in [-0.39, 0.29) is 11.7 Å². The Hall–Kier alpha value is -4.47. The maximum Gasteiger partial charge on any atom is 0.338 e. The first-order valence-corrected chi connectivity index (χ1v) is 16.6. The van der Waals surface area contributed by atoms with Crippen LogP contribution < -0.4 is 19.6 Å². The lowest BCUT2D eigenvalue weighted by Crippen LogP contribution is -2.40. The molecule has 7 nitrogen and oxygen atoms in total. The number of ether oxygens (including phenoxy) is 2. The number of aromatic nitrogens is 2. The Bertz CT molecular complexity index is 2170. The number of hydrogen-bond acceptors (Lipinski definition) is 6. The van der Waals surface area contributed by atoms with E-state index in [9.17, 15) is 9.59 Å². The fraction of sp³-hybridized carbons (Fsp3) is 0.216. The van der Waals surface area contributed by atoms with E-state index in [2.05, 4.69) is 76.8 Å². The summed E-state index contributed by atoms with van der Waals surface area (Å²) in [6.45, 7) is 9.49. The van der Waals surface area contributed by atoms with Crippen molar-refractivity contribution in [2.75, 3.05) is 7.11 Å². The number of aryl methyl sites for hydroxylation is 1. The van der Waals surface area contributed by atoms with Gasteiger partial charge in [-0.15, -0.1) is 0 Å². The summed E-state index contributed by atoms with van der Waals surface area (Å²) in [4.78, 5) is 33.0. The first-order chi connectivity index (χ1) is 22.1. The number of esters is 1. The normalized spacial score (nSPS) is 14.8. The average Bonchev–Trinajstić information content (AvgIpc) is 3.49. The number of benzene rings is 3. The lowest BCUT2D eigenvalue weighted by atomic mass is 9.95. The predicted molar refractivity (Wildman–Crippen MR) is 186 cm³/mol. The monoisotopic (exact) mass is 695 g/mol. The number of thiazole rings is 1. The number of methoxy groups -OCH3 is 1. The van der Waals surface area contributed by atoms with Crippen molar-refractivity contribution in [2.24, 2.45) is 4.99 Å². The number of rotatable bonds is 7. The van der Waals surface area contributed by atoms with Gasteiger partial charge in [-0.25, -0.2) is 9.79 Å². The lowest BCUT2D eigenvalue weighted by Gasteiger charge is -2.26. The van der Waals surface area contributed by atoms with Crippen molar-refractivity contribution in [3.8, 4) is 22.6 Å². The molecule has 0 saturated heterocycles. The second kappa shape index (κ2) is 12.7. The molecule has 1 aliphatic heterocycles. The number of nitrogens with zero attached hydrogens (tertiary/aromatic N) is 3. The topological polar surface area (TPSA) is 74.8 Å². The van der Waals surface area contributed by atoms with Crippen LogP contribution in [0.5, 0.6) is 5.75 Å². The van der Waals surface area contributed by atoms with Gasteiger partial charge in [0.2, 0.25) is 0 Å². The van der Waals surface area contributed by atoms with E-state index in [1.165, 1.54) is 16.9 Å². The van der Waals surface area contributed by atoms with Crippen molar-refractivity contribution >= 4 is 39.3 Å². The molecular weight excluding hydrogens is 662 g/mol. The van der Waals surface area contributed by atoms with Gasteiger partial charge in [-0.05, 0) is 93.8 Å². The molecule has 0 bridgehead atoms. The lowest BCUT2D eigenvalue weighted by molar-refractivity contribution is -0.143. The van der Waals surface area contributed by atoms with E-state index in [0.717, 1.165) is 32.7 Å². The van der Waals surface area contributed by atoms with E-state index in [0.29, 0.717) is 31.9 Å². The van der Waals surface area contributed by atoms with Crippen LogP contribution in [-0.2, 0) is 9.53 Å². The molecule has 234 valence electrons. The minimum absolute atomic E-state index is 0.241. The van der Waals surface area contributed by atoms with Gasteiger partial charge in [0, 0.05) is 27.1 Å². The molecule has 0 amide bonds. The van der Waals surface area contributed by atoms with Gasteiger partial charge in [-0.2, -0.15) is 0 Å². The molecule has 0 radical (unpaired) electrons. The maximum absolute atomic E-state index is 14.3. The van der Waals surface area contributed by atoms with Gasteiger partial charge in [-0.3, -0.25) is 9.36 Å². The van der Waals surface area contributed by atoms with E-state index in [1.807, 2.05) is 42.5 Å². The van der Waals surface area contributed by atoms with Crippen LogP contribution in [0.25, 0.3) is 22.9 Å². The molecule has 1 atom stereocenters. The van der Waals surface area contributed by atoms with Crippen LogP contribution in [0.2, 0.25) is 0 Å². The minimum atomic E-state index is -0.785. The summed E-state index contributed by atoms with van der Waals surface area (Å²) in [6, 6.07) is 25.6. The summed E-state index contributed by atoms with van der Waals surface area (Å²) < 4.78 is 16.5. The third-order valence-corrected chi connectivity index (χ3v) is 9.54. The molecule has 6 rings (SSSR count). The van der Waals surface area contributed by atoms with Crippen molar-refractivity contribution in [3.63, 3.8) is 0 Å². The molecule has 2 aromatic heterocycles. The first kappa shape index (κ1) is 31.5. The second-order valence-electron chi connectivity index (χ2n) is 11.5. The molecule has 46 heavy (non-hydrogen) atoms. The largest absolute Gasteiger partial charge is 0.496 e. The van der Waals surface area contributed by atoms with Crippen LogP contribution in [0.15, 0.2) is 104 Å². The van der Waals surface area contributed by atoms with Crippen molar-refractivity contribution in [2.45, 2.75) is 46.8 Å². The Balaban J connectivity index is 1.47. The Labute approximate surface area is 279 Å². The van der Waals surface area contributed by atoms with Gasteiger partial charge in [-0.1, -0.05) is 69.7 Å². The molecule has 0 aliphatic carbocycles. The molecule has 0 unspecified atom stereocenters. The van der Waals surface area contributed by atoms with Crippen LogP contribution in [0.4, 0.5) is 0 Å². The summed E-state index contributed by atoms with van der Waals surface area (Å²) >= 11 is 4.86. The number of hydrogen-bond donors (Lipinski definition) is 0. The van der Waals surface area contributed by atoms with Crippen LogP contribution in [-0.4, -0.2) is 28.3 Å². The number of carbonyl (C=O) groups is 1. The number of allylic oxidation sites excluding steroid dienone is 1. The third-order valence-electron chi connectivity index (χ3n) is 8.06. The van der Waals surface area contributed by atoms with Crippen LogP contribution in [0.1, 0.15) is 49.3 Å². The SMILES string of the molecule is COc1ccc(Br)cc1[C@H]1C(C(=O)OC(C)C)=C(C)N=c2s/c(=C\c3cc(C)n(-c4ccc(-c5ccccc5)cc4)c3C)c(=O)n21. The molecule has 0 saturated carbocycles. The molecule has 0 N–H and O–H groups in total. The fourth-order valence-electron chi connectivity index (χ4n) is 5.98. The highest BCUT2D eigenvalue weighted by Gasteiger charge is 2.35. The Morgan fingerprint density at radius 2 is 1.67 bits per heavy atom. The van der Waals surface area contributed by atoms with Crippen LogP contribution in [0.3, 0.4) is 0 Å².